The maximum atomic E-state index is 13.2. The molecule has 2 aliphatic heterocycles. The van der Waals surface area contributed by atoms with E-state index in [-0.39, 0.29) is 6.04 Å². The Kier molecular flexibility index (Phi) is 3.06. The van der Waals surface area contributed by atoms with Gasteiger partial charge in [-0.15, -0.1) is 0 Å². The van der Waals surface area contributed by atoms with Gasteiger partial charge in [-0.3, -0.25) is 4.90 Å². The molecule has 0 aliphatic carbocycles. The number of nitrogens with zero attached hydrogens (tertiary/aromatic N) is 2. The molecule has 0 bridgehead atoms. The third-order valence-corrected chi connectivity index (χ3v) is 3.02. The average molecular weight is 217 g/mol. The minimum atomic E-state index is -0.879. The fourth-order valence-electron chi connectivity index (χ4n) is 2.07. The first kappa shape index (κ1) is 10.6. The van der Waals surface area contributed by atoms with Crippen LogP contribution in [0.5, 0.6) is 0 Å². The zero-order chi connectivity index (χ0) is 10.8. The lowest BCUT2D eigenvalue weighted by Crippen LogP contribution is -2.61. The molecule has 0 aromatic carbocycles. The van der Waals surface area contributed by atoms with Crippen LogP contribution in [0.4, 0.5) is 9.18 Å². The molecule has 1 amide bonds. The zero-order valence-corrected chi connectivity index (χ0v) is 8.53. The van der Waals surface area contributed by atoms with Crippen LogP contribution in [0.3, 0.4) is 0 Å². The molecule has 0 aromatic heterocycles. The van der Waals surface area contributed by atoms with Gasteiger partial charge in [-0.05, 0) is 0 Å². The van der Waals surface area contributed by atoms with Crippen molar-refractivity contribution in [2.45, 2.75) is 12.2 Å². The van der Waals surface area contributed by atoms with Gasteiger partial charge in [0.1, 0.15) is 6.17 Å². The molecule has 0 radical (unpaired) electrons. The van der Waals surface area contributed by atoms with Crippen molar-refractivity contribution in [3.8, 4) is 0 Å². The minimum Gasteiger partial charge on any atom is -0.465 e. The highest BCUT2D eigenvalue weighted by atomic mass is 19.1. The van der Waals surface area contributed by atoms with E-state index < -0.39 is 12.3 Å². The second kappa shape index (κ2) is 4.32. The number of alkyl halides is 1. The predicted molar refractivity (Wildman–Crippen MR) is 52.7 cm³/mol. The van der Waals surface area contributed by atoms with Crippen molar-refractivity contribution in [1.82, 2.24) is 15.1 Å². The minimum absolute atomic E-state index is 0.208. The first-order valence-corrected chi connectivity index (χ1v) is 5.23. The number of hydrogen-bond donors (Lipinski definition) is 2. The number of nitrogens with one attached hydrogen (secondary N) is 1. The fraction of sp³-hybridized carbons (Fsp3) is 0.889. The number of carboxylic acid groups (broad SMARTS) is 1. The zero-order valence-electron chi connectivity index (χ0n) is 8.53. The van der Waals surface area contributed by atoms with Crippen molar-refractivity contribution in [3.63, 3.8) is 0 Å². The van der Waals surface area contributed by atoms with Gasteiger partial charge in [0.15, 0.2) is 0 Å². The summed E-state index contributed by atoms with van der Waals surface area (Å²) in [5, 5.41) is 11.7. The van der Waals surface area contributed by atoms with Crippen LogP contribution in [0, 0.1) is 0 Å². The summed E-state index contributed by atoms with van der Waals surface area (Å²) in [5.41, 5.74) is 0. The number of carbonyl (C=O) groups is 1. The van der Waals surface area contributed by atoms with Gasteiger partial charge < -0.3 is 15.3 Å². The van der Waals surface area contributed by atoms with Crippen LogP contribution in [-0.4, -0.2) is 72.5 Å². The number of hydrogen-bond acceptors (Lipinski definition) is 3. The molecule has 2 N–H and O–H groups in total. The van der Waals surface area contributed by atoms with Crippen LogP contribution < -0.4 is 5.32 Å². The Bertz CT molecular complexity index is 246. The Morgan fingerprint density at radius 1 is 1.40 bits per heavy atom. The first-order valence-electron chi connectivity index (χ1n) is 5.23. The Balaban J connectivity index is 1.81. The van der Waals surface area contributed by atoms with Crippen molar-refractivity contribution in [2.24, 2.45) is 0 Å². The van der Waals surface area contributed by atoms with Crippen molar-refractivity contribution in [3.05, 3.63) is 0 Å². The Morgan fingerprint density at radius 3 is 2.80 bits per heavy atom. The second-order valence-corrected chi connectivity index (χ2v) is 4.14. The van der Waals surface area contributed by atoms with E-state index in [1.54, 1.807) is 0 Å². The Labute approximate surface area is 87.8 Å². The molecule has 2 rings (SSSR count). The van der Waals surface area contributed by atoms with Crippen LogP contribution >= 0.6 is 0 Å². The van der Waals surface area contributed by atoms with E-state index >= 15 is 0 Å². The quantitative estimate of drug-likeness (QED) is 0.627. The number of halogens is 1. The van der Waals surface area contributed by atoms with Crippen molar-refractivity contribution < 1.29 is 14.3 Å². The number of likely N-dealkylation sites (tertiary alicyclic amines) is 1. The standard InChI is InChI=1S/C9H16FN3O2/c10-7-3-11-1-2-12(4-7)8-5-13(6-8)9(14)15/h7-8,11H,1-6H2,(H,14,15). The normalized spacial score (nSPS) is 29.7. The summed E-state index contributed by atoms with van der Waals surface area (Å²) in [5.74, 6) is 0. The summed E-state index contributed by atoms with van der Waals surface area (Å²) >= 11 is 0. The van der Waals surface area contributed by atoms with Gasteiger partial charge in [0.25, 0.3) is 0 Å². The summed E-state index contributed by atoms with van der Waals surface area (Å²) in [6, 6.07) is 0.208. The summed E-state index contributed by atoms with van der Waals surface area (Å²) in [4.78, 5) is 14.0. The Hall–Kier alpha value is -0.880. The van der Waals surface area contributed by atoms with E-state index in [1.165, 1.54) is 4.90 Å². The molecule has 86 valence electrons. The van der Waals surface area contributed by atoms with E-state index in [0.717, 1.165) is 13.1 Å². The summed E-state index contributed by atoms with van der Waals surface area (Å²) in [6.07, 6.45) is -1.72. The van der Waals surface area contributed by atoms with E-state index in [9.17, 15) is 9.18 Å². The lowest BCUT2D eigenvalue weighted by Gasteiger charge is -2.43. The van der Waals surface area contributed by atoms with Crippen molar-refractivity contribution in [2.75, 3.05) is 39.3 Å². The maximum absolute atomic E-state index is 13.2. The summed E-state index contributed by atoms with van der Waals surface area (Å²) < 4.78 is 13.2. The van der Waals surface area contributed by atoms with E-state index in [4.69, 9.17) is 5.11 Å². The van der Waals surface area contributed by atoms with Crippen LogP contribution in [0.2, 0.25) is 0 Å². The van der Waals surface area contributed by atoms with Crippen LogP contribution in [-0.2, 0) is 0 Å². The van der Waals surface area contributed by atoms with Gasteiger partial charge in [0, 0.05) is 45.3 Å². The molecule has 5 nitrogen and oxygen atoms in total. The van der Waals surface area contributed by atoms with E-state index in [0.29, 0.717) is 26.2 Å². The number of amides is 1. The Morgan fingerprint density at radius 2 is 2.13 bits per heavy atom. The van der Waals surface area contributed by atoms with Gasteiger partial charge in [0.05, 0.1) is 0 Å². The molecule has 15 heavy (non-hydrogen) atoms. The molecule has 0 saturated carbocycles. The topological polar surface area (TPSA) is 55.8 Å². The molecule has 1 atom stereocenters. The van der Waals surface area contributed by atoms with Gasteiger partial charge in [-0.1, -0.05) is 0 Å². The molecule has 2 aliphatic rings. The fourth-order valence-corrected chi connectivity index (χ4v) is 2.07. The summed E-state index contributed by atoms with van der Waals surface area (Å²) in [6.45, 7) is 3.45. The molecule has 1 unspecified atom stereocenters. The smallest absolute Gasteiger partial charge is 0.407 e. The van der Waals surface area contributed by atoms with Gasteiger partial charge >= 0.3 is 6.09 Å². The highest BCUT2D eigenvalue weighted by molar-refractivity contribution is 5.66. The van der Waals surface area contributed by atoms with Crippen LogP contribution in [0.1, 0.15) is 0 Å². The molecule has 2 fully saturated rings. The van der Waals surface area contributed by atoms with Crippen LogP contribution in [0.15, 0.2) is 0 Å². The lowest BCUT2D eigenvalue weighted by molar-refractivity contribution is 0.0316. The molecule has 0 aromatic rings. The predicted octanol–water partition coefficient (Wildman–Crippen LogP) is -0.408. The molecular formula is C9H16FN3O2. The average Bonchev–Trinajstić information content (AvgIpc) is 2.26. The van der Waals surface area contributed by atoms with E-state index in [2.05, 4.69) is 5.32 Å². The van der Waals surface area contributed by atoms with Gasteiger partial charge in [-0.2, -0.15) is 0 Å². The van der Waals surface area contributed by atoms with Gasteiger partial charge in [0.2, 0.25) is 0 Å². The van der Waals surface area contributed by atoms with Gasteiger partial charge in [-0.25, -0.2) is 9.18 Å². The monoisotopic (exact) mass is 217 g/mol. The molecule has 6 heteroatoms. The molecule has 2 saturated heterocycles. The summed E-state index contributed by atoms with van der Waals surface area (Å²) in [7, 11) is 0. The molecule has 2 heterocycles. The first-order chi connectivity index (χ1) is 7.16. The van der Waals surface area contributed by atoms with Crippen molar-refractivity contribution >= 4 is 6.09 Å². The highest BCUT2D eigenvalue weighted by Gasteiger charge is 2.35. The largest absolute Gasteiger partial charge is 0.465 e. The van der Waals surface area contributed by atoms with E-state index in [1.807, 2.05) is 4.90 Å². The SMILES string of the molecule is O=C(O)N1CC(N2CCNCC(F)C2)C1. The second-order valence-electron chi connectivity index (χ2n) is 4.14. The lowest BCUT2D eigenvalue weighted by atomic mass is 10.1. The molecular weight excluding hydrogens is 201 g/mol. The third-order valence-electron chi connectivity index (χ3n) is 3.02. The van der Waals surface area contributed by atoms with Crippen LogP contribution in [0.25, 0.3) is 0 Å². The maximum Gasteiger partial charge on any atom is 0.407 e. The highest BCUT2D eigenvalue weighted by Crippen LogP contribution is 2.16. The third kappa shape index (κ3) is 2.38. The number of rotatable bonds is 1. The molecule has 0 spiro atoms. The van der Waals surface area contributed by atoms with Crippen molar-refractivity contribution in [1.29, 1.82) is 0 Å².